The minimum absolute atomic E-state index is 0.683. The van der Waals surface area contributed by atoms with Gasteiger partial charge in [0.25, 0.3) is 0 Å². The average Bonchev–Trinajstić information content (AvgIpc) is 1.85. The molecule has 0 aliphatic heterocycles. The lowest BCUT2D eigenvalue weighted by atomic mass is 10.1. The van der Waals surface area contributed by atoms with Crippen LogP contribution in [0, 0.1) is 0 Å². The molecular formula is C9H12N2. The van der Waals surface area contributed by atoms with Crippen molar-refractivity contribution in [3.8, 4) is 0 Å². The van der Waals surface area contributed by atoms with Gasteiger partial charge in [0.05, 0.1) is 0 Å². The summed E-state index contributed by atoms with van der Waals surface area (Å²) in [6.45, 7) is 5.72. The molecule has 11 heavy (non-hydrogen) atoms. The molecule has 0 aliphatic rings. The van der Waals surface area contributed by atoms with E-state index in [1.165, 1.54) is 0 Å². The highest BCUT2D eigenvalue weighted by atomic mass is 14.6. The number of nitrogen functional groups attached to an aromatic ring is 2. The van der Waals surface area contributed by atoms with Crippen LogP contribution in [0.25, 0.3) is 5.57 Å². The number of hydrogen-bond acceptors (Lipinski definition) is 2. The average molecular weight is 148 g/mol. The van der Waals surface area contributed by atoms with Crippen molar-refractivity contribution in [1.29, 1.82) is 0 Å². The van der Waals surface area contributed by atoms with E-state index in [4.69, 9.17) is 11.5 Å². The Labute approximate surface area is 66.5 Å². The van der Waals surface area contributed by atoms with Crippen LogP contribution < -0.4 is 11.5 Å². The summed E-state index contributed by atoms with van der Waals surface area (Å²) in [4.78, 5) is 0. The fourth-order valence-electron chi connectivity index (χ4n) is 0.923. The van der Waals surface area contributed by atoms with Crippen LogP contribution in [0.2, 0.25) is 0 Å². The summed E-state index contributed by atoms with van der Waals surface area (Å²) in [7, 11) is 0. The van der Waals surface area contributed by atoms with Gasteiger partial charge in [-0.25, -0.2) is 0 Å². The van der Waals surface area contributed by atoms with Crippen molar-refractivity contribution in [1.82, 2.24) is 0 Å². The number of allylic oxidation sites excluding steroid dienone is 1. The summed E-state index contributed by atoms with van der Waals surface area (Å²) in [6.07, 6.45) is 0. The van der Waals surface area contributed by atoms with Crippen LogP contribution in [-0.4, -0.2) is 0 Å². The number of anilines is 2. The van der Waals surface area contributed by atoms with E-state index >= 15 is 0 Å². The van der Waals surface area contributed by atoms with Gasteiger partial charge in [-0.2, -0.15) is 0 Å². The monoisotopic (exact) mass is 148 g/mol. The maximum atomic E-state index is 5.58. The van der Waals surface area contributed by atoms with E-state index < -0.39 is 0 Å². The van der Waals surface area contributed by atoms with Crippen molar-refractivity contribution in [2.45, 2.75) is 6.92 Å². The van der Waals surface area contributed by atoms with Crippen molar-refractivity contribution in [3.63, 3.8) is 0 Å². The molecule has 4 N–H and O–H groups in total. The quantitative estimate of drug-likeness (QED) is 0.597. The zero-order chi connectivity index (χ0) is 8.43. The van der Waals surface area contributed by atoms with Gasteiger partial charge in [-0.05, 0) is 30.7 Å². The fourth-order valence-corrected chi connectivity index (χ4v) is 0.923. The van der Waals surface area contributed by atoms with E-state index in [-0.39, 0.29) is 0 Å². The molecule has 0 unspecified atom stereocenters. The van der Waals surface area contributed by atoms with E-state index in [2.05, 4.69) is 6.58 Å². The first kappa shape index (κ1) is 7.66. The van der Waals surface area contributed by atoms with Gasteiger partial charge >= 0.3 is 0 Å². The van der Waals surface area contributed by atoms with Crippen molar-refractivity contribution >= 4 is 16.9 Å². The Bertz CT molecular complexity index is 269. The summed E-state index contributed by atoms with van der Waals surface area (Å²) in [5, 5.41) is 0. The van der Waals surface area contributed by atoms with Crippen LogP contribution in [0.4, 0.5) is 11.4 Å². The van der Waals surface area contributed by atoms with Gasteiger partial charge in [0.1, 0.15) is 0 Å². The third kappa shape index (κ3) is 1.74. The molecule has 0 aromatic heterocycles. The van der Waals surface area contributed by atoms with Crippen molar-refractivity contribution in [2.24, 2.45) is 0 Å². The van der Waals surface area contributed by atoms with Gasteiger partial charge in [0.2, 0.25) is 0 Å². The topological polar surface area (TPSA) is 52.0 Å². The largest absolute Gasteiger partial charge is 0.399 e. The number of nitrogens with two attached hydrogens (primary N) is 2. The molecule has 0 saturated carbocycles. The molecule has 0 heterocycles. The molecule has 1 aromatic rings. The third-order valence-electron chi connectivity index (χ3n) is 1.47. The van der Waals surface area contributed by atoms with E-state index in [9.17, 15) is 0 Å². The Hall–Kier alpha value is -1.44. The third-order valence-corrected chi connectivity index (χ3v) is 1.47. The molecule has 0 fully saturated rings. The summed E-state index contributed by atoms with van der Waals surface area (Å²) >= 11 is 0. The minimum Gasteiger partial charge on any atom is -0.399 e. The second-order valence-electron chi connectivity index (χ2n) is 2.67. The van der Waals surface area contributed by atoms with Gasteiger partial charge < -0.3 is 11.5 Å². The molecule has 0 atom stereocenters. The van der Waals surface area contributed by atoms with Crippen LogP contribution in [0.3, 0.4) is 0 Å². The van der Waals surface area contributed by atoms with Crippen LogP contribution in [0.5, 0.6) is 0 Å². The summed E-state index contributed by atoms with van der Waals surface area (Å²) in [6, 6.07) is 5.45. The molecule has 0 saturated heterocycles. The molecule has 1 rings (SSSR count). The normalized spacial score (nSPS) is 9.55. The van der Waals surface area contributed by atoms with Gasteiger partial charge in [-0.15, -0.1) is 0 Å². The van der Waals surface area contributed by atoms with Crippen molar-refractivity contribution < 1.29 is 0 Å². The van der Waals surface area contributed by atoms with Crippen LogP contribution in [0.1, 0.15) is 12.5 Å². The first-order valence-electron chi connectivity index (χ1n) is 3.41. The number of hydrogen-bond donors (Lipinski definition) is 2. The lowest BCUT2D eigenvalue weighted by Crippen LogP contribution is -1.91. The second kappa shape index (κ2) is 2.66. The Kier molecular flexibility index (Phi) is 1.85. The Morgan fingerprint density at radius 1 is 1.18 bits per heavy atom. The highest BCUT2D eigenvalue weighted by Gasteiger charge is 1.95. The fraction of sp³-hybridized carbons (Fsp3) is 0.111. The van der Waals surface area contributed by atoms with Gasteiger partial charge in [0, 0.05) is 11.4 Å². The number of rotatable bonds is 1. The minimum atomic E-state index is 0.683. The summed E-state index contributed by atoms with van der Waals surface area (Å²) in [5.41, 5.74) is 14.5. The lowest BCUT2D eigenvalue weighted by molar-refractivity contribution is 1.57. The van der Waals surface area contributed by atoms with E-state index in [1.807, 2.05) is 19.1 Å². The Morgan fingerprint density at radius 3 is 2.00 bits per heavy atom. The molecule has 2 nitrogen and oxygen atoms in total. The zero-order valence-electron chi connectivity index (χ0n) is 6.59. The zero-order valence-corrected chi connectivity index (χ0v) is 6.59. The van der Waals surface area contributed by atoms with Crippen LogP contribution in [0.15, 0.2) is 24.8 Å². The standard InChI is InChI=1S/C9H12N2/c1-6(2)7-3-8(10)5-9(11)4-7/h3-5H,1,10-11H2,2H3. The highest BCUT2D eigenvalue weighted by molar-refractivity contribution is 5.69. The van der Waals surface area contributed by atoms with E-state index in [1.54, 1.807) is 6.07 Å². The number of benzene rings is 1. The van der Waals surface area contributed by atoms with Gasteiger partial charge in [-0.3, -0.25) is 0 Å². The first-order chi connectivity index (χ1) is 5.09. The molecule has 2 heteroatoms. The molecule has 0 aliphatic carbocycles. The maximum Gasteiger partial charge on any atom is 0.0340 e. The molecule has 0 amide bonds. The molecule has 58 valence electrons. The van der Waals surface area contributed by atoms with Gasteiger partial charge in [-0.1, -0.05) is 12.2 Å². The smallest absolute Gasteiger partial charge is 0.0340 e. The van der Waals surface area contributed by atoms with E-state index in [0.29, 0.717) is 11.4 Å². The van der Waals surface area contributed by atoms with Crippen molar-refractivity contribution in [3.05, 3.63) is 30.3 Å². The highest BCUT2D eigenvalue weighted by Crippen LogP contribution is 2.18. The van der Waals surface area contributed by atoms with Gasteiger partial charge in [0.15, 0.2) is 0 Å². The van der Waals surface area contributed by atoms with Crippen LogP contribution in [-0.2, 0) is 0 Å². The second-order valence-corrected chi connectivity index (χ2v) is 2.67. The Balaban J connectivity index is 3.19. The maximum absolute atomic E-state index is 5.58. The van der Waals surface area contributed by atoms with E-state index in [0.717, 1.165) is 11.1 Å². The van der Waals surface area contributed by atoms with Crippen molar-refractivity contribution in [2.75, 3.05) is 11.5 Å². The lowest BCUT2D eigenvalue weighted by Gasteiger charge is -2.02. The molecule has 1 aromatic carbocycles. The SMILES string of the molecule is C=C(C)c1cc(N)cc(N)c1. The molecular weight excluding hydrogens is 136 g/mol. The predicted molar refractivity (Wildman–Crippen MR) is 50.0 cm³/mol. The summed E-state index contributed by atoms with van der Waals surface area (Å²) < 4.78 is 0. The first-order valence-corrected chi connectivity index (χ1v) is 3.41. The Morgan fingerprint density at radius 2 is 1.64 bits per heavy atom. The molecule has 0 radical (unpaired) electrons. The predicted octanol–water partition coefficient (Wildman–Crippen LogP) is 1.88. The summed E-state index contributed by atoms with van der Waals surface area (Å²) in [5.74, 6) is 0. The molecule has 0 spiro atoms. The molecule has 0 bridgehead atoms. The van der Waals surface area contributed by atoms with Crippen LogP contribution >= 0.6 is 0 Å².